The first kappa shape index (κ1) is 20.0. The molecule has 154 valence electrons. The van der Waals surface area contributed by atoms with Gasteiger partial charge >= 0.3 is 0 Å². The fourth-order valence-electron chi connectivity index (χ4n) is 3.24. The molecule has 2 aromatic carbocycles. The molecular weight excluding hydrogens is 399 g/mol. The van der Waals surface area contributed by atoms with E-state index in [9.17, 15) is 4.57 Å². The molecular formula is C22H23N4O3P. The lowest BCUT2D eigenvalue weighted by Crippen LogP contribution is -2.06. The van der Waals surface area contributed by atoms with Gasteiger partial charge in [0.1, 0.15) is 24.3 Å². The number of nitrogens with zero attached hydrogens (tertiary/aromatic N) is 3. The molecule has 0 aliphatic rings. The third-order valence-electron chi connectivity index (χ3n) is 4.83. The number of aromatic nitrogens is 3. The minimum Gasteiger partial charge on any atom is -0.495 e. The van der Waals surface area contributed by atoms with Crippen molar-refractivity contribution in [1.82, 2.24) is 14.5 Å². The quantitative estimate of drug-likeness (QED) is 0.463. The van der Waals surface area contributed by atoms with Gasteiger partial charge in [0.2, 0.25) is 5.95 Å². The molecule has 0 unspecified atom stereocenters. The van der Waals surface area contributed by atoms with E-state index in [1.807, 2.05) is 53.2 Å². The maximum absolute atomic E-state index is 12.4. The Labute approximate surface area is 175 Å². The molecule has 0 saturated carbocycles. The van der Waals surface area contributed by atoms with Crippen molar-refractivity contribution in [2.75, 3.05) is 32.9 Å². The summed E-state index contributed by atoms with van der Waals surface area (Å²) in [5, 5.41) is 4.87. The lowest BCUT2D eigenvalue weighted by Gasteiger charge is -2.14. The average Bonchev–Trinajstić information content (AvgIpc) is 3.16. The lowest BCUT2D eigenvalue weighted by atomic mass is 10.3. The molecule has 0 fully saturated rings. The highest BCUT2D eigenvalue weighted by atomic mass is 31.2. The van der Waals surface area contributed by atoms with Gasteiger partial charge in [0, 0.05) is 23.1 Å². The number of ether oxygens (including phenoxy) is 2. The Hall–Kier alpha value is -3.31. The Bertz CT molecular complexity index is 1260. The predicted molar refractivity (Wildman–Crippen MR) is 121 cm³/mol. The highest BCUT2D eigenvalue weighted by Gasteiger charge is 2.15. The monoisotopic (exact) mass is 422 g/mol. The minimum atomic E-state index is -2.39. The van der Waals surface area contributed by atoms with E-state index in [0.717, 1.165) is 27.8 Å². The van der Waals surface area contributed by atoms with Gasteiger partial charge in [-0.25, -0.2) is 4.98 Å². The summed E-state index contributed by atoms with van der Waals surface area (Å²) in [6, 6.07) is 15.2. The Morgan fingerprint density at radius 2 is 1.77 bits per heavy atom. The molecule has 2 heterocycles. The third kappa shape index (κ3) is 3.76. The van der Waals surface area contributed by atoms with Crippen molar-refractivity contribution < 1.29 is 14.0 Å². The molecule has 7 nitrogen and oxygen atoms in total. The molecule has 0 aliphatic heterocycles. The van der Waals surface area contributed by atoms with Crippen molar-refractivity contribution in [3.63, 3.8) is 0 Å². The van der Waals surface area contributed by atoms with E-state index in [1.54, 1.807) is 39.8 Å². The zero-order valence-electron chi connectivity index (χ0n) is 17.3. The van der Waals surface area contributed by atoms with E-state index >= 15 is 0 Å². The van der Waals surface area contributed by atoms with E-state index in [1.165, 1.54) is 0 Å². The van der Waals surface area contributed by atoms with E-state index in [-0.39, 0.29) is 0 Å². The maximum Gasteiger partial charge on any atom is 0.229 e. The second-order valence-corrected chi connectivity index (χ2v) is 10.4. The SMILES string of the molecule is COc1cc(P(C)(C)=O)ccc1Nc1ncc2ccn(-c3ccccc3OC)c2n1. The average molecular weight is 422 g/mol. The second-order valence-electron chi connectivity index (χ2n) is 7.19. The largest absolute Gasteiger partial charge is 0.495 e. The first-order valence-electron chi connectivity index (χ1n) is 9.39. The molecule has 0 amide bonds. The summed E-state index contributed by atoms with van der Waals surface area (Å²) in [4.78, 5) is 9.12. The summed E-state index contributed by atoms with van der Waals surface area (Å²) in [7, 11) is 0.840. The van der Waals surface area contributed by atoms with Crippen LogP contribution in [0.3, 0.4) is 0 Å². The third-order valence-corrected chi connectivity index (χ3v) is 6.35. The van der Waals surface area contributed by atoms with Crippen LogP contribution in [0.1, 0.15) is 0 Å². The predicted octanol–water partition coefficient (Wildman–Crippen LogP) is 4.43. The molecule has 8 heteroatoms. The van der Waals surface area contributed by atoms with Gasteiger partial charge in [-0.15, -0.1) is 0 Å². The van der Waals surface area contributed by atoms with Crippen LogP contribution < -0.4 is 20.1 Å². The summed E-state index contributed by atoms with van der Waals surface area (Å²) in [5.74, 6) is 1.77. The molecule has 0 radical (unpaired) electrons. The summed E-state index contributed by atoms with van der Waals surface area (Å²) in [6.45, 7) is 3.47. The molecule has 1 N–H and O–H groups in total. The molecule has 0 bridgehead atoms. The number of para-hydroxylation sites is 2. The number of anilines is 2. The highest BCUT2D eigenvalue weighted by Crippen LogP contribution is 2.38. The molecule has 30 heavy (non-hydrogen) atoms. The van der Waals surface area contributed by atoms with Gasteiger partial charge in [0.15, 0.2) is 0 Å². The lowest BCUT2D eigenvalue weighted by molar-refractivity contribution is 0.413. The van der Waals surface area contributed by atoms with Crippen LogP contribution in [-0.2, 0) is 4.57 Å². The highest BCUT2D eigenvalue weighted by molar-refractivity contribution is 7.70. The van der Waals surface area contributed by atoms with Crippen LogP contribution in [0.25, 0.3) is 16.7 Å². The fraction of sp³-hybridized carbons (Fsp3) is 0.182. The van der Waals surface area contributed by atoms with Gasteiger partial charge in [0.05, 0.1) is 25.6 Å². The van der Waals surface area contributed by atoms with Crippen LogP contribution in [0.4, 0.5) is 11.6 Å². The number of rotatable bonds is 6. The van der Waals surface area contributed by atoms with Gasteiger partial charge in [0.25, 0.3) is 0 Å². The van der Waals surface area contributed by atoms with Crippen molar-refractivity contribution in [1.29, 1.82) is 0 Å². The fourth-order valence-corrected chi connectivity index (χ4v) is 4.10. The summed E-state index contributed by atoms with van der Waals surface area (Å²) in [5.41, 5.74) is 2.34. The molecule has 4 rings (SSSR count). The van der Waals surface area contributed by atoms with Crippen molar-refractivity contribution in [2.45, 2.75) is 0 Å². The van der Waals surface area contributed by atoms with Gasteiger partial charge in [-0.1, -0.05) is 12.1 Å². The van der Waals surface area contributed by atoms with E-state index < -0.39 is 7.14 Å². The van der Waals surface area contributed by atoms with Gasteiger partial charge in [-0.3, -0.25) is 4.57 Å². The topological polar surface area (TPSA) is 78.3 Å². The summed E-state index contributed by atoms with van der Waals surface area (Å²) in [6.07, 6.45) is 3.71. The maximum atomic E-state index is 12.4. The van der Waals surface area contributed by atoms with E-state index in [0.29, 0.717) is 17.4 Å². The Kier molecular flexibility index (Phi) is 5.22. The van der Waals surface area contributed by atoms with E-state index in [2.05, 4.69) is 10.3 Å². The number of hydrogen-bond acceptors (Lipinski definition) is 6. The number of methoxy groups -OCH3 is 2. The molecule has 0 spiro atoms. The second kappa shape index (κ2) is 7.84. The van der Waals surface area contributed by atoms with E-state index in [4.69, 9.17) is 14.5 Å². The summed E-state index contributed by atoms with van der Waals surface area (Å²) >= 11 is 0. The standard InChI is InChI=1S/C22H23N4O3P/c1-28-19-8-6-5-7-18(19)26-12-11-15-14-23-22(25-21(15)26)24-17-10-9-16(30(3,4)27)13-20(17)29-2/h5-14H,1-4H3,(H,23,24,25). The van der Waals surface area contributed by atoms with Gasteiger partial charge in [-0.05, 0) is 49.7 Å². The van der Waals surface area contributed by atoms with Crippen molar-refractivity contribution in [3.8, 4) is 17.2 Å². The molecule has 0 atom stereocenters. The summed E-state index contributed by atoms with van der Waals surface area (Å²) < 4.78 is 25.3. The van der Waals surface area contributed by atoms with Crippen LogP contribution in [0.2, 0.25) is 0 Å². The van der Waals surface area contributed by atoms with Crippen LogP contribution in [0.5, 0.6) is 11.5 Å². The van der Waals surface area contributed by atoms with Crippen LogP contribution in [-0.4, -0.2) is 42.1 Å². The van der Waals surface area contributed by atoms with Crippen molar-refractivity contribution in [2.24, 2.45) is 0 Å². The van der Waals surface area contributed by atoms with Gasteiger partial charge in [-0.2, -0.15) is 4.98 Å². The van der Waals surface area contributed by atoms with Crippen LogP contribution in [0, 0.1) is 0 Å². The smallest absolute Gasteiger partial charge is 0.229 e. The van der Waals surface area contributed by atoms with Crippen molar-refractivity contribution >= 4 is 35.1 Å². The first-order valence-corrected chi connectivity index (χ1v) is 12.0. The Morgan fingerprint density at radius 1 is 1.00 bits per heavy atom. The zero-order chi connectivity index (χ0) is 21.3. The minimum absolute atomic E-state index is 0.430. The molecule has 0 saturated heterocycles. The number of hydrogen-bond donors (Lipinski definition) is 1. The molecule has 2 aromatic heterocycles. The van der Waals surface area contributed by atoms with Crippen LogP contribution in [0.15, 0.2) is 60.9 Å². The van der Waals surface area contributed by atoms with Gasteiger partial charge < -0.3 is 19.4 Å². The normalized spacial score (nSPS) is 11.5. The Balaban J connectivity index is 1.74. The van der Waals surface area contributed by atoms with Crippen LogP contribution >= 0.6 is 7.14 Å². The number of benzene rings is 2. The zero-order valence-corrected chi connectivity index (χ0v) is 18.2. The number of nitrogens with one attached hydrogen (secondary N) is 1. The number of fused-ring (bicyclic) bond motifs is 1. The molecule has 4 aromatic rings. The molecule has 0 aliphatic carbocycles. The van der Waals surface area contributed by atoms with Crippen molar-refractivity contribution in [3.05, 3.63) is 60.9 Å². The Morgan fingerprint density at radius 3 is 2.50 bits per heavy atom. The first-order chi connectivity index (χ1) is 14.4.